The molecule has 0 spiro atoms. The van der Waals surface area contributed by atoms with E-state index in [1.807, 2.05) is 0 Å². The first-order chi connectivity index (χ1) is 7.25. The standard InChI is InChI=1S/C9H6N2O3S/c12-9(13)6-1-5-8(14-6)4-2-11-15-7(4)3-10-5/h1-2,10H,3H2,(H,12,13). The number of rotatable bonds is 1. The van der Waals surface area contributed by atoms with Gasteiger partial charge in [-0.1, -0.05) is 0 Å². The van der Waals surface area contributed by atoms with Crippen molar-refractivity contribution < 1.29 is 14.3 Å². The summed E-state index contributed by atoms with van der Waals surface area (Å²) < 4.78 is 9.31. The molecule has 0 bridgehead atoms. The third kappa shape index (κ3) is 1.15. The Morgan fingerprint density at radius 1 is 1.67 bits per heavy atom. The third-order valence-corrected chi connectivity index (χ3v) is 3.07. The van der Waals surface area contributed by atoms with Crippen LogP contribution in [0.3, 0.4) is 0 Å². The molecule has 0 saturated carbocycles. The summed E-state index contributed by atoms with van der Waals surface area (Å²) in [6.45, 7) is 0.672. The lowest BCUT2D eigenvalue weighted by Gasteiger charge is -2.11. The normalized spacial score (nSPS) is 12.8. The zero-order valence-electron chi connectivity index (χ0n) is 7.48. The zero-order chi connectivity index (χ0) is 10.4. The molecule has 0 aromatic carbocycles. The van der Waals surface area contributed by atoms with E-state index in [1.54, 1.807) is 6.20 Å². The van der Waals surface area contributed by atoms with Crippen LogP contribution in [0.5, 0.6) is 0 Å². The van der Waals surface area contributed by atoms with E-state index in [2.05, 4.69) is 9.69 Å². The van der Waals surface area contributed by atoms with Crippen molar-refractivity contribution >= 4 is 23.2 Å². The second kappa shape index (κ2) is 2.83. The molecule has 2 N–H and O–H groups in total. The van der Waals surface area contributed by atoms with Gasteiger partial charge in [0.1, 0.15) is 0 Å². The molecule has 3 rings (SSSR count). The summed E-state index contributed by atoms with van der Waals surface area (Å²) in [5.74, 6) is -0.537. The first-order valence-electron chi connectivity index (χ1n) is 4.30. The van der Waals surface area contributed by atoms with Gasteiger partial charge in [-0.25, -0.2) is 9.17 Å². The molecule has 15 heavy (non-hydrogen) atoms. The molecule has 0 atom stereocenters. The van der Waals surface area contributed by atoms with E-state index in [4.69, 9.17) is 9.52 Å². The average Bonchev–Trinajstić information content (AvgIpc) is 2.82. The van der Waals surface area contributed by atoms with Gasteiger partial charge in [0.05, 0.1) is 28.9 Å². The van der Waals surface area contributed by atoms with Crippen LogP contribution < -0.4 is 5.32 Å². The van der Waals surface area contributed by atoms with Gasteiger partial charge in [-0.05, 0) is 11.5 Å². The first-order valence-corrected chi connectivity index (χ1v) is 5.08. The van der Waals surface area contributed by atoms with Gasteiger partial charge in [-0.15, -0.1) is 0 Å². The number of nitrogens with zero attached hydrogens (tertiary/aromatic N) is 1. The lowest BCUT2D eigenvalue weighted by atomic mass is 10.1. The maximum atomic E-state index is 10.7. The van der Waals surface area contributed by atoms with Crippen LogP contribution >= 0.6 is 11.5 Å². The number of aromatic carboxylic acids is 1. The number of fused-ring (bicyclic) bond motifs is 3. The Balaban J connectivity index is 2.20. The second-order valence-corrected chi connectivity index (χ2v) is 4.06. The summed E-state index contributed by atoms with van der Waals surface area (Å²) in [6.07, 6.45) is 1.70. The molecule has 6 heteroatoms. The Labute approximate surface area is 88.5 Å². The second-order valence-electron chi connectivity index (χ2n) is 3.17. The Bertz CT molecular complexity index is 543. The number of aromatic nitrogens is 1. The molecule has 2 aromatic heterocycles. The number of nitrogens with one attached hydrogen (secondary N) is 1. The predicted octanol–water partition coefficient (Wildman–Crippen LogP) is 2.03. The van der Waals surface area contributed by atoms with Gasteiger partial charge in [0.15, 0.2) is 5.76 Å². The van der Waals surface area contributed by atoms with Crippen molar-refractivity contribution in [1.82, 2.24) is 4.37 Å². The third-order valence-electron chi connectivity index (χ3n) is 2.27. The van der Waals surface area contributed by atoms with Crippen molar-refractivity contribution in [2.75, 3.05) is 5.32 Å². The molecule has 0 radical (unpaired) electrons. The van der Waals surface area contributed by atoms with Gasteiger partial charge in [0.25, 0.3) is 0 Å². The van der Waals surface area contributed by atoms with Crippen LogP contribution in [0, 0.1) is 0 Å². The molecule has 76 valence electrons. The van der Waals surface area contributed by atoms with Crippen LogP contribution in [0.4, 0.5) is 5.69 Å². The Hall–Kier alpha value is -1.82. The summed E-state index contributed by atoms with van der Waals surface area (Å²) in [5, 5.41) is 11.9. The maximum Gasteiger partial charge on any atom is 0.371 e. The minimum atomic E-state index is -1.06. The van der Waals surface area contributed by atoms with E-state index in [0.29, 0.717) is 12.3 Å². The van der Waals surface area contributed by atoms with Gasteiger partial charge in [-0.3, -0.25) is 0 Å². The van der Waals surface area contributed by atoms with Crippen molar-refractivity contribution in [3.05, 3.63) is 22.9 Å². The fourth-order valence-electron chi connectivity index (χ4n) is 1.58. The highest BCUT2D eigenvalue weighted by Crippen LogP contribution is 2.39. The predicted molar refractivity (Wildman–Crippen MR) is 54.1 cm³/mol. The molecule has 1 aliphatic heterocycles. The lowest BCUT2D eigenvalue weighted by Crippen LogP contribution is -2.03. The van der Waals surface area contributed by atoms with Crippen LogP contribution in [-0.2, 0) is 6.54 Å². The first kappa shape index (κ1) is 8.49. The van der Waals surface area contributed by atoms with Crippen LogP contribution in [0.25, 0.3) is 11.3 Å². The van der Waals surface area contributed by atoms with Crippen molar-refractivity contribution in [1.29, 1.82) is 0 Å². The topological polar surface area (TPSA) is 75.4 Å². The number of hydrogen-bond acceptors (Lipinski definition) is 5. The van der Waals surface area contributed by atoms with E-state index in [-0.39, 0.29) is 5.76 Å². The highest BCUT2D eigenvalue weighted by molar-refractivity contribution is 7.06. The molecular formula is C9H6N2O3S. The van der Waals surface area contributed by atoms with Crippen molar-refractivity contribution in [2.45, 2.75) is 6.54 Å². The molecule has 0 amide bonds. The lowest BCUT2D eigenvalue weighted by molar-refractivity contribution is 0.0663. The van der Waals surface area contributed by atoms with Crippen LogP contribution in [0.1, 0.15) is 15.4 Å². The van der Waals surface area contributed by atoms with Gasteiger partial charge < -0.3 is 14.8 Å². The molecule has 2 aromatic rings. The minimum absolute atomic E-state index is 0.0495. The summed E-state index contributed by atoms with van der Waals surface area (Å²) in [7, 11) is 0. The molecule has 0 aliphatic carbocycles. The summed E-state index contributed by atoms with van der Waals surface area (Å²) in [4.78, 5) is 11.8. The Kier molecular flexibility index (Phi) is 1.60. The number of furan rings is 1. The average molecular weight is 222 g/mol. The van der Waals surface area contributed by atoms with Gasteiger partial charge in [0, 0.05) is 6.07 Å². The molecule has 5 nitrogen and oxygen atoms in total. The number of hydrogen-bond donors (Lipinski definition) is 2. The fourth-order valence-corrected chi connectivity index (χ4v) is 2.25. The maximum absolute atomic E-state index is 10.7. The SMILES string of the molecule is O=C(O)c1cc2c(o1)-c1cnsc1CN2. The van der Waals surface area contributed by atoms with Gasteiger partial charge in [0.2, 0.25) is 5.76 Å². The summed E-state index contributed by atoms with van der Waals surface area (Å²) in [5.41, 5.74) is 1.61. The molecule has 1 aliphatic rings. The van der Waals surface area contributed by atoms with Crippen molar-refractivity contribution in [2.24, 2.45) is 0 Å². The Morgan fingerprint density at radius 2 is 2.53 bits per heavy atom. The van der Waals surface area contributed by atoms with Crippen LogP contribution in [-0.4, -0.2) is 15.4 Å². The minimum Gasteiger partial charge on any atom is -0.475 e. The van der Waals surface area contributed by atoms with Crippen LogP contribution in [0.2, 0.25) is 0 Å². The fraction of sp³-hybridized carbons (Fsp3) is 0.111. The Morgan fingerprint density at radius 3 is 3.33 bits per heavy atom. The highest BCUT2D eigenvalue weighted by Gasteiger charge is 2.24. The van der Waals surface area contributed by atoms with Gasteiger partial charge in [-0.2, -0.15) is 0 Å². The zero-order valence-corrected chi connectivity index (χ0v) is 8.30. The molecule has 3 heterocycles. The van der Waals surface area contributed by atoms with Crippen molar-refractivity contribution in [3.63, 3.8) is 0 Å². The summed E-state index contributed by atoms with van der Waals surface area (Å²) in [6, 6.07) is 1.50. The monoisotopic (exact) mass is 222 g/mol. The van der Waals surface area contributed by atoms with E-state index < -0.39 is 5.97 Å². The van der Waals surface area contributed by atoms with E-state index >= 15 is 0 Å². The van der Waals surface area contributed by atoms with Crippen molar-refractivity contribution in [3.8, 4) is 11.3 Å². The molecule has 0 fully saturated rings. The molecule has 0 saturated heterocycles. The van der Waals surface area contributed by atoms with Crippen LogP contribution in [0.15, 0.2) is 16.7 Å². The highest BCUT2D eigenvalue weighted by atomic mass is 32.1. The molecule has 0 unspecified atom stereocenters. The number of anilines is 1. The van der Waals surface area contributed by atoms with E-state index in [1.165, 1.54) is 17.6 Å². The number of carboxylic acid groups (broad SMARTS) is 1. The largest absolute Gasteiger partial charge is 0.475 e. The quantitative estimate of drug-likeness (QED) is 0.772. The van der Waals surface area contributed by atoms with E-state index in [0.717, 1.165) is 16.1 Å². The molecular weight excluding hydrogens is 216 g/mol. The smallest absolute Gasteiger partial charge is 0.371 e. The summed E-state index contributed by atoms with van der Waals surface area (Å²) >= 11 is 1.39. The van der Waals surface area contributed by atoms with Gasteiger partial charge >= 0.3 is 5.97 Å². The number of carbonyl (C=O) groups is 1. The number of carboxylic acids is 1. The van der Waals surface area contributed by atoms with E-state index in [9.17, 15) is 4.79 Å².